The zero-order chi connectivity index (χ0) is 7.82. The summed E-state index contributed by atoms with van der Waals surface area (Å²) in [6.45, 7) is 5.31. The van der Waals surface area contributed by atoms with E-state index < -0.39 is 0 Å². The summed E-state index contributed by atoms with van der Waals surface area (Å²) in [4.78, 5) is 10.7. The van der Waals surface area contributed by atoms with Gasteiger partial charge in [0.05, 0.1) is 6.61 Å². The van der Waals surface area contributed by atoms with Gasteiger partial charge in [-0.3, -0.25) is 4.79 Å². The van der Waals surface area contributed by atoms with Crippen LogP contribution in [0, 0.1) is 0 Å². The van der Waals surface area contributed by atoms with Gasteiger partial charge in [-0.2, -0.15) is 0 Å². The van der Waals surface area contributed by atoms with E-state index in [1.165, 1.54) is 0 Å². The monoisotopic (exact) mass is 160 g/mol. The van der Waals surface area contributed by atoms with E-state index in [4.69, 9.17) is 4.74 Å². The summed E-state index contributed by atoms with van der Waals surface area (Å²) in [6, 6.07) is 0. The van der Waals surface area contributed by atoms with Gasteiger partial charge < -0.3 is 4.74 Å². The normalized spacial score (nSPS) is 8.91. The topological polar surface area (TPSA) is 26.3 Å². The molecule has 0 atom stereocenters. The largest absolute Gasteiger partial charge is 0.381 e. The predicted octanol–water partition coefficient (Wildman–Crippen LogP) is 2.42. The van der Waals surface area contributed by atoms with Gasteiger partial charge in [0.25, 0.3) is 0 Å². The smallest absolute Gasteiger partial charge is 0.134 e. The third-order valence-electron chi connectivity index (χ3n) is 1.27. The lowest BCUT2D eigenvalue weighted by atomic mass is 10.2. The molecule has 2 nitrogen and oxygen atoms in total. The second-order valence-corrected chi connectivity index (χ2v) is 2.25. The van der Waals surface area contributed by atoms with Crippen LogP contribution in [0.5, 0.6) is 0 Å². The quantitative estimate of drug-likeness (QED) is 0.558. The molecule has 0 aromatic rings. The fourth-order valence-electron chi connectivity index (χ4n) is 0.609. The van der Waals surface area contributed by atoms with Gasteiger partial charge in [-0.25, -0.2) is 0 Å². The molecule has 0 unspecified atom stereocenters. The lowest BCUT2D eigenvalue weighted by Crippen LogP contribution is -2.02. The molecule has 0 heterocycles. The molecule has 0 radical (unpaired) electrons. The van der Waals surface area contributed by atoms with Crippen LogP contribution in [-0.2, 0) is 9.53 Å². The molecule has 0 bridgehead atoms. The Hall–Kier alpha value is -0.370. The first-order valence-electron chi connectivity index (χ1n) is 3.90. The van der Waals surface area contributed by atoms with Crippen molar-refractivity contribution in [2.24, 2.45) is 0 Å². The highest BCUT2D eigenvalue weighted by Gasteiger charge is 1.95. The molecule has 0 fully saturated rings. The van der Waals surface area contributed by atoms with Crippen molar-refractivity contribution < 1.29 is 9.53 Å². The molecule has 0 aromatic carbocycles. The molecule has 0 aliphatic heterocycles. The Bertz CT molecular complexity index is 89.6. The molecule has 0 saturated heterocycles. The molecule has 11 heavy (non-hydrogen) atoms. The van der Waals surface area contributed by atoms with E-state index in [2.05, 4.69) is 6.92 Å². The summed E-state index contributed by atoms with van der Waals surface area (Å²) in [5, 5.41) is 0. The van der Waals surface area contributed by atoms with Crippen molar-refractivity contribution in [3.63, 3.8) is 0 Å². The number of Topliss-reactive ketones (excluding diaryl/α,β-unsaturated/α-hetero) is 1. The van der Waals surface area contributed by atoms with Crippen molar-refractivity contribution in [2.45, 2.75) is 40.5 Å². The molecular formula is C9H20O2. The van der Waals surface area contributed by atoms with E-state index in [-0.39, 0.29) is 13.2 Å². The molecule has 68 valence electrons. The Labute approximate surface area is 69.9 Å². The number of rotatable bonds is 6. The van der Waals surface area contributed by atoms with Gasteiger partial charge >= 0.3 is 0 Å². The van der Waals surface area contributed by atoms with Gasteiger partial charge in [-0.1, -0.05) is 21.3 Å². The number of carbonyl (C=O) groups is 1. The van der Waals surface area contributed by atoms with Crippen LogP contribution >= 0.6 is 0 Å². The van der Waals surface area contributed by atoms with Crippen molar-refractivity contribution in [3.8, 4) is 0 Å². The molecule has 0 aliphatic rings. The molecule has 0 aliphatic carbocycles. The first-order valence-corrected chi connectivity index (χ1v) is 3.90. The number of hydrogen-bond acceptors (Lipinski definition) is 2. The molecule has 0 spiro atoms. The summed E-state index contributed by atoms with van der Waals surface area (Å²) < 4.78 is 5.13. The summed E-state index contributed by atoms with van der Waals surface area (Å²) in [7, 11) is 0. The van der Waals surface area contributed by atoms with Crippen LogP contribution in [0.4, 0.5) is 0 Å². The Morgan fingerprint density at radius 3 is 2.36 bits per heavy atom. The standard InChI is InChI=1S/C8H16O2.CH4/c1-3-6-10-7-5-8(9)4-2;/h3-7H2,1-2H3;1H4. The summed E-state index contributed by atoms with van der Waals surface area (Å²) in [5.74, 6) is 0.288. The van der Waals surface area contributed by atoms with Crippen molar-refractivity contribution in [3.05, 3.63) is 0 Å². The molecule has 0 N–H and O–H groups in total. The Balaban J connectivity index is 0. The SMILES string of the molecule is C.CCCOCCC(=O)CC. The highest BCUT2D eigenvalue weighted by molar-refractivity contribution is 5.78. The Kier molecular flexibility index (Phi) is 11.6. The maximum atomic E-state index is 10.7. The van der Waals surface area contributed by atoms with Crippen LogP contribution in [0.1, 0.15) is 40.5 Å². The van der Waals surface area contributed by atoms with E-state index in [1.807, 2.05) is 6.92 Å². The predicted molar refractivity (Wildman–Crippen MR) is 47.8 cm³/mol. The molecule has 0 amide bonds. The van der Waals surface area contributed by atoms with E-state index >= 15 is 0 Å². The minimum atomic E-state index is 0. The van der Waals surface area contributed by atoms with Crippen LogP contribution in [0.3, 0.4) is 0 Å². The van der Waals surface area contributed by atoms with Crippen molar-refractivity contribution in [1.29, 1.82) is 0 Å². The van der Waals surface area contributed by atoms with Crippen LogP contribution in [-0.4, -0.2) is 19.0 Å². The minimum Gasteiger partial charge on any atom is -0.381 e. The number of ketones is 1. The molecule has 0 rings (SSSR count). The highest BCUT2D eigenvalue weighted by Crippen LogP contribution is 1.90. The molecule has 2 heteroatoms. The van der Waals surface area contributed by atoms with Crippen molar-refractivity contribution >= 4 is 5.78 Å². The van der Waals surface area contributed by atoms with Crippen LogP contribution in [0.25, 0.3) is 0 Å². The summed E-state index contributed by atoms with van der Waals surface area (Å²) >= 11 is 0. The van der Waals surface area contributed by atoms with E-state index in [9.17, 15) is 4.79 Å². The number of carbonyl (C=O) groups excluding carboxylic acids is 1. The van der Waals surface area contributed by atoms with Gasteiger partial charge in [0.1, 0.15) is 5.78 Å². The average Bonchev–Trinajstić information content (AvgIpc) is 1.98. The van der Waals surface area contributed by atoms with E-state index in [0.29, 0.717) is 19.4 Å². The van der Waals surface area contributed by atoms with E-state index in [0.717, 1.165) is 13.0 Å². The van der Waals surface area contributed by atoms with Crippen LogP contribution in [0.2, 0.25) is 0 Å². The second kappa shape index (κ2) is 9.63. The summed E-state index contributed by atoms with van der Waals surface area (Å²) in [5.41, 5.74) is 0. The third-order valence-corrected chi connectivity index (χ3v) is 1.27. The van der Waals surface area contributed by atoms with Crippen LogP contribution < -0.4 is 0 Å². The fraction of sp³-hybridized carbons (Fsp3) is 0.889. The minimum absolute atomic E-state index is 0. The number of hydrogen-bond donors (Lipinski definition) is 0. The van der Waals surface area contributed by atoms with Crippen LogP contribution in [0.15, 0.2) is 0 Å². The van der Waals surface area contributed by atoms with Gasteiger partial charge in [-0.05, 0) is 6.42 Å². The first kappa shape index (κ1) is 13.2. The highest BCUT2D eigenvalue weighted by atomic mass is 16.5. The van der Waals surface area contributed by atoms with Gasteiger partial charge in [0.2, 0.25) is 0 Å². The molecule has 0 aromatic heterocycles. The molecule has 0 saturated carbocycles. The number of ether oxygens (including phenoxy) is 1. The molecular weight excluding hydrogens is 140 g/mol. The fourth-order valence-corrected chi connectivity index (χ4v) is 0.609. The Morgan fingerprint density at radius 2 is 1.91 bits per heavy atom. The summed E-state index contributed by atoms with van der Waals surface area (Å²) in [6.07, 6.45) is 2.24. The zero-order valence-electron chi connectivity index (χ0n) is 6.85. The Morgan fingerprint density at radius 1 is 1.27 bits per heavy atom. The maximum absolute atomic E-state index is 10.7. The van der Waals surface area contributed by atoms with Gasteiger partial charge in [0.15, 0.2) is 0 Å². The van der Waals surface area contributed by atoms with Crippen molar-refractivity contribution in [2.75, 3.05) is 13.2 Å². The first-order chi connectivity index (χ1) is 4.81. The van der Waals surface area contributed by atoms with Crippen molar-refractivity contribution in [1.82, 2.24) is 0 Å². The lowest BCUT2D eigenvalue weighted by Gasteiger charge is -1.99. The second-order valence-electron chi connectivity index (χ2n) is 2.25. The third kappa shape index (κ3) is 9.63. The maximum Gasteiger partial charge on any atom is 0.134 e. The van der Waals surface area contributed by atoms with E-state index in [1.54, 1.807) is 0 Å². The van der Waals surface area contributed by atoms with Gasteiger partial charge in [-0.15, -0.1) is 0 Å². The van der Waals surface area contributed by atoms with Gasteiger partial charge in [0, 0.05) is 19.4 Å². The lowest BCUT2D eigenvalue weighted by molar-refractivity contribution is -0.119. The zero-order valence-corrected chi connectivity index (χ0v) is 6.85. The average molecular weight is 160 g/mol.